The highest BCUT2D eigenvalue weighted by Gasteiger charge is 2.11. The van der Waals surface area contributed by atoms with Crippen LogP contribution in [-0.2, 0) is 0 Å². The molecule has 4 nitrogen and oxygen atoms in total. The first-order valence-corrected chi connectivity index (χ1v) is 8.22. The van der Waals surface area contributed by atoms with Crippen molar-refractivity contribution < 1.29 is 0 Å². The van der Waals surface area contributed by atoms with E-state index in [1.165, 1.54) is 0 Å². The summed E-state index contributed by atoms with van der Waals surface area (Å²) in [5.74, 6) is 2.47. The monoisotopic (exact) mass is 312 g/mol. The predicted octanol–water partition coefficient (Wildman–Crippen LogP) is -0.500. The van der Waals surface area contributed by atoms with Crippen LogP contribution in [0.4, 0.5) is 0 Å². The molecule has 0 unspecified atom stereocenters. The molecule has 0 heterocycles. The summed E-state index contributed by atoms with van der Waals surface area (Å²) in [6.45, 7) is 2.74. The van der Waals surface area contributed by atoms with E-state index in [9.17, 15) is 0 Å². The average molecular weight is 313 g/mol. The van der Waals surface area contributed by atoms with E-state index in [2.05, 4.69) is 59.2 Å². The van der Waals surface area contributed by atoms with E-state index in [0.717, 1.165) is 36.9 Å². The van der Waals surface area contributed by atoms with Crippen molar-refractivity contribution in [3.8, 4) is 0 Å². The van der Waals surface area contributed by atoms with Crippen LogP contribution in [0, 0.1) is 0 Å². The molecule has 0 aromatic heterocycles. The summed E-state index contributed by atoms with van der Waals surface area (Å²) in [5, 5.41) is 13.4. The van der Waals surface area contributed by atoms with Gasteiger partial charge in [-0.15, -0.1) is 0 Å². The van der Waals surface area contributed by atoms with Crippen LogP contribution in [0.15, 0.2) is 0 Å². The molecule has 0 aliphatic rings. The fourth-order valence-corrected chi connectivity index (χ4v) is 2.35. The highest BCUT2D eigenvalue weighted by molar-refractivity contribution is 7.80. The molecule has 0 rings (SSSR count). The first-order valence-electron chi connectivity index (χ1n) is 6.32. The van der Waals surface area contributed by atoms with Gasteiger partial charge < -0.3 is 21.3 Å². The van der Waals surface area contributed by atoms with Crippen molar-refractivity contribution in [1.29, 1.82) is 0 Å². The van der Waals surface area contributed by atoms with E-state index in [0.29, 0.717) is 18.1 Å². The molecule has 0 fully saturated rings. The summed E-state index contributed by atoms with van der Waals surface area (Å²) in [6, 6.07) is 1.16. The second-order valence-corrected chi connectivity index (χ2v) is 5.40. The van der Waals surface area contributed by atoms with Crippen LogP contribution in [0.1, 0.15) is 0 Å². The van der Waals surface area contributed by atoms with E-state index in [1.54, 1.807) is 0 Å². The van der Waals surface area contributed by atoms with Crippen molar-refractivity contribution >= 4 is 37.9 Å². The van der Waals surface area contributed by atoms with Gasteiger partial charge in [0.15, 0.2) is 0 Å². The van der Waals surface area contributed by atoms with E-state index < -0.39 is 0 Å². The molecule has 0 saturated carbocycles. The van der Waals surface area contributed by atoms with Crippen LogP contribution >= 0.6 is 37.9 Å². The number of hydrogen-bond acceptors (Lipinski definition) is 7. The van der Waals surface area contributed by atoms with Gasteiger partial charge in [0, 0.05) is 55.0 Å². The van der Waals surface area contributed by atoms with E-state index in [1.807, 2.05) is 14.1 Å². The lowest BCUT2D eigenvalue weighted by atomic mass is 10.2. The zero-order valence-corrected chi connectivity index (χ0v) is 14.0. The predicted molar refractivity (Wildman–Crippen MR) is 91.9 cm³/mol. The topological polar surface area (TPSA) is 48.1 Å². The van der Waals surface area contributed by atoms with Gasteiger partial charge in [0.2, 0.25) is 0 Å². The third kappa shape index (κ3) is 8.90. The van der Waals surface area contributed by atoms with Crippen LogP contribution in [0.25, 0.3) is 0 Å². The Kier molecular flexibility index (Phi) is 13.5. The minimum absolute atomic E-state index is 0.364. The minimum Gasteiger partial charge on any atom is -0.318 e. The van der Waals surface area contributed by atoms with Gasteiger partial charge in [-0.2, -0.15) is 37.9 Å². The molecule has 0 aliphatic heterocycles. The summed E-state index contributed by atoms with van der Waals surface area (Å²) in [6.07, 6.45) is 0. The van der Waals surface area contributed by atoms with Crippen molar-refractivity contribution in [2.45, 2.75) is 18.1 Å². The van der Waals surface area contributed by atoms with Crippen molar-refractivity contribution in [3.05, 3.63) is 0 Å². The maximum atomic E-state index is 4.38. The standard InChI is InChI=1S/C11H28N4S3/c1-12-3-10(7-17)15-5-11(8-18)14-4-9(6-16)13-2/h9-18H,3-8H2,1-2H3/t9-,10-,11-/m0/s1. The van der Waals surface area contributed by atoms with E-state index in [-0.39, 0.29) is 0 Å². The molecule has 18 heavy (non-hydrogen) atoms. The lowest BCUT2D eigenvalue weighted by Gasteiger charge is -2.24. The molecule has 110 valence electrons. The summed E-state index contributed by atoms with van der Waals surface area (Å²) in [4.78, 5) is 0. The third-order valence-electron chi connectivity index (χ3n) is 2.83. The number of thiol groups is 3. The van der Waals surface area contributed by atoms with Crippen LogP contribution in [0.3, 0.4) is 0 Å². The number of rotatable bonds is 12. The van der Waals surface area contributed by atoms with E-state index >= 15 is 0 Å². The third-order valence-corrected chi connectivity index (χ3v) is 4.15. The summed E-state index contributed by atoms with van der Waals surface area (Å²) in [5.41, 5.74) is 0. The molecule has 0 aromatic rings. The van der Waals surface area contributed by atoms with Gasteiger partial charge in [0.25, 0.3) is 0 Å². The van der Waals surface area contributed by atoms with Gasteiger partial charge in [-0.1, -0.05) is 0 Å². The molecule has 0 amide bonds. The van der Waals surface area contributed by atoms with Gasteiger partial charge in [0.05, 0.1) is 0 Å². The molecule has 0 saturated heterocycles. The van der Waals surface area contributed by atoms with Crippen molar-refractivity contribution in [1.82, 2.24) is 21.3 Å². The second-order valence-electron chi connectivity index (χ2n) is 4.30. The lowest BCUT2D eigenvalue weighted by Crippen LogP contribution is -2.50. The Morgan fingerprint density at radius 3 is 1.56 bits per heavy atom. The zero-order chi connectivity index (χ0) is 13.8. The normalized spacial score (nSPS) is 16.5. The number of hydrogen-bond donors (Lipinski definition) is 7. The average Bonchev–Trinajstić information content (AvgIpc) is 2.41. The Labute approximate surface area is 128 Å². The Morgan fingerprint density at radius 2 is 1.17 bits per heavy atom. The molecule has 0 aromatic carbocycles. The lowest BCUT2D eigenvalue weighted by molar-refractivity contribution is 0.440. The fourth-order valence-electron chi connectivity index (χ4n) is 1.52. The molecule has 0 spiro atoms. The Bertz CT molecular complexity index is 182. The maximum absolute atomic E-state index is 4.38. The molecular weight excluding hydrogens is 284 g/mol. The van der Waals surface area contributed by atoms with Crippen molar-refractivity contribution in [2.24, 2.45) is 0 Å². The van der Waals surface area contributed by atoms with Gasteiger partial charge >= 0.3 is 0 Å². The molecular formula is C11H28N4S3. The maximum Gasteiger partial charge on any atom is 0.0281 e. The Balaban J connectivity index is 3.87. The van der Waals surface area contributed by atoms with Gasteiger partial charge in [-0.25, -0.2) is 0 Å². The SMILES string of the molecule is CNC[C@@H](CS)NC[C@@H](CS)NC[C@@H](CS)NC. The summed E-state index contributed by atoms with van der Waals surface area (Å²) >= 11 is 13.0. The summed E-state index contributed by atoms with van der Waals surface area (Å²) in [7, 11) is 3.91. The van der Waals surface area contributed by atoms with E-state index in [4.69, 9.17) is 0 Å². The summed E-state index contributed by atoms with van der Waals surface area (Å²) < 4.78 is 0. The first-order chi connectivity index (χ1) is 8.71. The highest BCUT2D eigenvalue weighted by Crippen LogP contribution is 1.92. The molecule has 0 radical (unpaired) electrons. The molecule has 7 heteroatoms. The number of nitrogens with one attached hydrogen (secondary N) is 4. The van der Waals surface area contributed by atoms with Crippen LogP contribution in [0.5, 0.6) is 0 Å². The van der Waals surface area contributed by atoms with Crippen LogP contribution in [0.2, 0.25) is 0 Å². The van der Waals surface area contributed by atoms with Crippen molar-refractivity contribution in [3.63, 3.8) is 0 Å². The number of likely N-dealkylation sites (N-methyl/N-ethyl adjacent to an activating group) is 2. The molecule has 0 aliphatic carbocycles. The smallest absolute Gasteiger partial charge is 0.0281 e. The quantitative estimate of drug-likeness (QED) is 0.248. The largest absolute Gasteiger partial charge is 0.318 e. The van der Waals surface area contributed by atoms with Crippen LogP contribution < -0.4 is 21.3 Å². The van der Waals surface area contributed by atoms with Gasteiger partial charge in [0.1, 0.15) is 0 Å². The minimum atomic E-state index is 0.364. The first kappa shape index (κ1) is 18.9. The fraction of sp³-hybridized carbons (Fsp3) is 1.00. The Hall–Kier alpha value is 0.890. The van der Waals surface area contributed by atoms with Gasteiger partial charge in [-0.05, 0) is 14.1 Å². The highest BCUT2D eigenvalue weighted by atomic mass is 32.1. The van der Waals surface area contributed by atoms with Gasteiger partial charge in [-0.3, -0.25) is 0 Å². The van der Waals surface area contributed by atoms with Crippen LogP contribution in [-0.4, -0.2) is 69.1 Å². The molecule has 4 N–H and O–H groups in total. The second kappa shape index (κ2) is 12.9. The van der Waals surface area contributed by atoms with Crippen molar-refractivity contribution in [2.75, 3.05) is 51.0 Å². The Morgan fingerprint density at radius 1 is 0.722 bits per heavy atom. The molecule has 3 atom stereocenters. The zero-order valence-electron chi connectivity index (χ0n) is 11.3. The molecule has 0 bridgehead atoms.